The van der Waals surface area contributed by atoms with Crippen LogP contribution in [-0.4, -0.2) is 10.7 Å². The number of allylic oxidation sites excluding steroid dienone is 1. The first-order valence-corrected chi connectivity index (χ1v) is 5.18. The first-order valence-electron chi connectivity index (χ1n) is 5.18. The number of ether oxygens (including phenoxy) is 1. The summed E-state index contributed by atoms with van der Waals surface area (Å²) >= 11 is 0. The lowest BCUT2D eigenvalue weighted by atomic mass is 9.98. The van der Waals surface area contributed by atoms with Gasteiger partial charge < -0.3 is 4.74 Å². The van der Waals surface area contributed by atoms with Crippen LogP contribution in [0, 0.1) is 10.1 Å². The van der Waals surface area contributed by atoms with E-state index in [1.54, 1.807) is 25.1 Å². The molecular weight excluding hydrogens is 222 g/mol. The zero-order chi connectivity index (χ0) is 12.4. The minimum atomic E-state index is -0.562. The van der Waals surface area contributed by atoms with Gasteiger partial charge in [0, 0.05) is 11.6 Å². The summed E-state index contributed by atoms with van der Waals surface area (Å²) in [5, 5.41) is 10.9. The average molecular weight is 233 g/mol. The Kier molecular flexibility index (Phi) is 2.91. The van der Waals surface area contributed by atoms with E-state index in [4.69, 9.17) is 4.74 Å². The molecule has 88 valence electrons. The van der Waals surface area contributed by atoms with Gasteiger partial charge in [0.05, 0.1) is 23.2 Å². The standard InChI is InChI=1S/C12H11NO4/c1-8-7-17-12(6-11(8)14)9-4-2-3-5-10(9)13(15)16/h2-5,7,12H,6H2,1H3. The second-order valence-electron chi connectivity index (χ2n) is 3.87. The third kappa shape index (κ3) is 2.18. The number of hydrogen-bond acceptors (Lipinski definition) is 4. The molecule has 1 unspecified atom stereocenters. The number of hydrogen-bond donors (Lipinski definition) is 0. The lowest BCUT2D eigenvalue weighted by Crippen LogP contribution is -2.16. The second kappa shape index (κ2) is 4.37. The molecular formula is C12H11NO4. The van der Waals surface area contributed by atoms with Gasteiger partial charge in [0.1, 0.15) is 6.10 Å². The van der Waals surface area contributed by atoms with Gasteiger partial charge in [0.2, 0.25) is 0 Å². The number of ketones is 1. The van der Waals surface area contributed by atoms with Crippen LogP contribution in [0.25, 0.3) is 0 Å². The van der Waals surface area contributed by atoms with Crippen LogP contribution in [0.15, 0.2) is 36.1 Å². The largest absolute Gasteiger partial charge is 0.492 e. The van der Waals surface area contributed by atoms with Gasteiger partial charge >= 0.3 is 0 Å². The number of nitrogens with zero attached hydrogens (tertiary/aromatic N) is 1. The van der Waals surface area contributed by atoms with Crippen molar-refractivity contribution in [2.45, 2.75) is 19.4 Å². The Bertz CT molecular complexity index is 507. The molecule has 5 heteroatoms. The zero-order valence-electron chi connectivity index (χ0n) is 9.25. The van der Waals surface area contributed by atoms with Crippen molar-refractivity contribution in [3.8, 4) is 0 Å². The van der Waals surface area contributed by atoms with Crippen LogP contribution >= 0.6 is 0 Å². The maximum absolute atomic E-state index is 11.5. The number of benzene rings is 1. The molecule has 1 heterocycles. The number of nitro benzene ring substituents is 1. The van der Waals surface area contributed by atoms with Gasteiger partial charge in [-0.1, -0.05) is 12.1 Å². The van der Waals surface area contributed by atoms with E-state index in [1.807, 2.05) is 0 Å². The molecule has 0 fully saturated rings. The smallest absolute Gasteiger partial charge is 0.276 e. The van der Waals surface area contributed by atoms with Crippen molar-refractivity contribution in [3.05, 3.63) is 51.8 Å². The van der Waals surface area contributed by atoms with Crippen LogP contribution in [0.2, 0.25) is 0 Å². The third-order valence-corrected chi connectivity index (χ3v) is 2.70. The number of Topliss-reactive ketones (excluding diaryl/α,β-unsaturated/α-hetero) is 1. The summed E-state index contributed by atoms with van der Waals surface area (Å²) in [6, 6.07) is 6.31. The van der Waals surface area contributed by atoms with Gasteiger partial charge in [-0.05, 0) is 13.0 Å². The molecule has 0 radical (unpaired) electrons. The van der Waals surface area contributed by atoms with Gasteiger partial charge in [-0.2, -0.15) is 0 Å². The topological polar surface area (TPSA) is 69.4 Å². The molecule has 0 aromatic heterocycles. The summed E-state index contributed by atoms with van der Waals surface area (Å²) in [6.07, 6.45) is 0.952. The molecule has 1 aromatic rings. The quantitative estimate of drug-likeness (QED) is 0.581. The van der Waals surface area contributed by atoms with Crippen LogP contribution in [0.5, 0.6) is 0 Å². The molecule has 5 nitrogen and oxygen atoms in total. The van der Waals surface area contributed by atoms with Crippen LogP contribution in [-0.2, 0) is 9.53 Å². The molecule has 0 amide bonds. The fraction of sp³-hybridized carbons (Fsp3) is 0.250. The first-order chi connectivity index (χ1) is 8.09. The minimum Gasteiger partial charge on any atom is -0.492 e. The van der Waals surface area contributed by atoms with E-state index >= 15 is 0 Å². The highest BCUT2D eigenvalue weighted by Crippen LogP contribution is 2.33. The summed E-state index contributed by atoms with van der Waals surface area (Å²) in [4.78, 5) is 21.9. The van der Waals surface area contributed by atoms with Crippen LogP contribution in [0.1, 0.15) is 25.0 Å². The average Bonchev–Trinajstić information content (AvgIpc) is 2.32. The number of carbonyl (C=O) groups is 1. The first kappa shape index (κ1) is 11.3. The highest BCUT2D eigenvalue weighted by molar-refractivity contribution is 5.95. The lowest BCUT2D eigenvalue weighted by molar-refractivity contribution is -0.386. The fourth-order valence-electron chi connectivity index (χ4n) is 1.74. The molecule has 1 atom stereocenters. The molecule has 2 rings (SSSR count). The number of nitro groups is 1. The van der Waals surface area contributed by atoms with Crippen molar-refractivity contribution in [2.75, 3.05) is 0 Å². The maximum atomic E-state index is 11.5. The predicted octanol–water partition coefficient (Wildman–Crippen LogP) is 2.53. The lowest BCUT2D eigenvalue weighted by Gasteiger charge is -2.20. The Hall–Kier alpha value is -2.17. The zero-order valence-corrected chi connectivity index (χ0v) is 9.25. The van der Waals surface area contributed by atoms with E-state index in [2.05, 4.69) is 0 Å². The molecule has 1 aliphatic heterocycles. The second-order valence-corrected chi connectivity index (χ2v) is 3.87. The summed E-state index contributed by atoms with van der Waals surface area (Å²) < 4.78 is 5.35. The molecule has 17 heavy (non-hydrogen) atoms. The number of carbonyl (C=O) groups excluding carboxylic acids is 1. The van der Waals surface area contributed by atoms with E-state index in [9.17, 15) is 14.9 Å². The molecule has 0 bridgehead atoms. The van der Waals surface area contributed by atoms with E-state index in [0.29, 0.717) is 11.1 Å². The Balaban J connectivity index is 2.36. The molecule has 0 N–H and O–H groups in total. The Labute approximate surface area is 97.9 Å². The summed E-state index contributed by atoms with van der Waals surface area (Å²) in [7, 11) is 0. The monoisotopic (exact) mass is 233 g/mol. The van der Waals surface area contributed by atoms with Crippen molar-refractivity contribution >= 4 is 11.5 Å². The fourth-order valence-corrected chi connectivity index (χ4v) is 1.74. The van der Waals surface area contributed by atoms with E-state index in [1.165, 1.54) is 12.3 Å². The van der Waals surface area contributed by atoms with Gasteiger partial charge in [-0.15, -0.1) is 0 Å². The Morgan fingerprint density at radius 1 is 1.41 bits per heavy atom. The van der Waals surface area contributed by atoms with E-state index < -0.39 is 11.0 Å². The van der Waals surface area contributed by atoms with E-state index in [-0.39, 0.29) is 17.9 Å². The van der Waals surface area contributed by atoms with Gasteiger partial charge in [-0.25, -0.2) is 0 Å². The molecule has 0 aliphatic carbocycles. The molecule has 0 saturated heterocycles. The van der Waals surface area contributed by atoms with Crippen LogP contribution < -0.4 is 0 Å². The van der Waals surface area contributed by atoms with Crippen molar-refractivity contribution in [3.63, 3.8) is 0 Å². The van der Waals surface area contributed by atoms with Crippen molar-refractivity contribution in [1.82, 2.24) is 0 Å². The predicted molar refractivity (Wildman–Crippen MR) is 60.3 cm³/mol. The SMILES string of the molecule is CC1=COC(c2ccccc2[N+](=O)[O-])CC1=O. The molecule has 1 aliphatic rings. The van der Waals surface area contributed by atoms with Crippen molar-refractivity contribution < 1.29 is 14.5 Å². The van der Waals surface area contributed by atoms with Crippen LogP contribution in [0.3, 0.4) is 0 Å². The van der Waals surface area contributed by atoms with Gasteiger partial charge in [-0.3, -0.25) is 14.9 Å². The van der Waals surface area contributed by atoms with Crippen molar-refractivity contribution in [1.29, 1.82) is 0 Å². The summed E-state index contributed by atoms with van der Waals surface area (Å²) in [6.45, 7) is 1.66. The summed E-state index contributed by atoms with van der Waals surface area (Å²) in [5.41, 5.74) is 0.965. The van der Waals surface area contributed by atoms with Gasteiger partial charge in [0.25, 0.3) is 5.69 Å². The normalized spacial score (nSPS) is 19.5. The number of para-hydroxylation sites is 1. The van der Waals surface area contributed by atoms with Crippen LogP contribution in [0.4, 0.5) is 5.69 Å². The highest BCUT2D eigenvalue weighted by atomic mass is 16.6. The Morgan fingerprint density at radius 3 is 2.76 bits per heavy atom. The maximum Gasteiger partial charge on any atom is 0.276 e. The Morgan fingerprint density at radius 2 is 2.12 bits per heavy atom. The molecule has 0 spiro atoms. The highest BCUT2D eigenvalue weighted by Gasteiger charge is 2.27. The van der Waals surface area contributed by atoms with Gasteiger partial charge in [0.15, 0.2) is 5.78 Å². The third-order valence-electron chi connectivity index (χ3n) is 2.70. The minimum absolute atomic E-state index is 0.0155. The van der Waals surface area contributed by atoms with Crippen molar-refractivity contribution in [2.24, 2.45) is 0 Å². The van der Waals surface area contributed by atoms with E-state index in [0.717, 1.165) is 0 Å². The molecule has 1 aromatic carbocycles. The summed E-state index contributed by atoms with van der Waals surface area (Å²) in [5.74, 6) is -0.0422. The molecule has 0 saturated carbocycles. The number of rotatable bonds is 2.